The molecule has 1 fully saturated rings. The number of alkyl halides is 3. The van der Waals surface area contributed by atoms with E-state index in [4.69, 9.17) is 0 Å². The minimum atomic E-state index is -4.34. The summed E-state index contributed by atoms with van der Waals surface area (Å²) >= 11 is 1.81. The number of nitrogens with one attached hydrogen (secondary N) is 1. The molecule has 0 spiro atoms. The second kappa shape index (κ2) is 7.40. The highest BCUT2D eigenvalue weighted by molar-refractivity contribution is 8.00. The van der Waals surface area contributed by atoms with E-state index in [2.05, 4.69) is 17.0 Å². The van der Waals surface area contributed by atoms with Gasteiger partial charge in [-0.05, 0) is 13.8 Å². The van der Waals surface area contributed by atoms with Gasteiger partial charge in [0.05, 0.1) is 12.6 Å². The highest BCUT2D eigenvalue weighted by Crippen LogP contribution is 2.24. The molecule has 0 radical (unpaired) electrons. The van der Waals surface area contributed by atoms with Crippen LogP contribution in [0.15, 0.2) is 0 Å². The molecule has 118 valence electrons. The van der Waals surface area contributed by atoms with Crippen LogP contribution in [0.25, 0.3) is 0 Å². The highest BCUT2D eigenvalue weighted by atomic mass is 32.2. The summed E-state index contributed by atoms with van der Waals surface area (Å²) in [6.45, 7) is 4.86. The molecule has 3 atom stereocenters. The quantitative estimate of drug-likeness (QED) is 0.867. The molecule has 4 nitrogen and oxygen atoms in total. The molecule has 0 bridgehead atoms. The van der Waals surface area contributed by atoms with Crippen LogP contribution in [0.3, 0.4) is 0 Å². The van der Waals surface area contributed by atoms with Crippen molar-refractivity contribution in [2.45, 2.75) is 44.3 Å². The molecule has 2 amide bonds. The van der Waals surface area contributed by atoms with Crippen molar-refractivity contribution in [3.8, 4) is 0 Å². The van der Waals surface area contributed by atoms with Gasteiger partial charge in [0, 0.05) is 23.6 Å². The standard InChI is InChI=1S/C12H21F3N2O2S/c1-8(6-19-7-12(13,14)15)16-11(18)17-4-5-20-10(3)9(17)2/h8-10H,4-7H2,1-3H3,(H,16,18)/t8-,9+,10-/m1/s1. The zero-order valence-electron chi connectivity index (χ0n) is 11.9. The fraction of sp³-hybridized carbons (Fsp3) is 0.917. The fourth-order valence-electron chi connectivity index (χ4n) is 1.91. The van der Waals surface area contributed by atoms with Crippen molar-refractivity contribution in [3.63, 3.8) is 0 Å². The number of nitrogens with zero attached hydrogens (tertiary/aromatic N) is 1. The zero-order chi connectivity index (χ0) is 15.3. The molecule has 0 aromatic rings. The van der Waals surface area contributed by atoms with Gasteiger partial charge in [-0.25, -0.2) is 4.79 Å². The average Bonchev–Trinajstić information content (AvgIpc) is 2.30. The van der Waals surface area contributed by atoms with Crippen LogP contribution < -0.4 is 5.32 Å². The Morgan fingerprint density at radius 1 is 1.50 bits per heavy atom. The molecule has 1 rings (SSSR count). The van der Waals surface area contributed by atoms with Crippen LogP contribution >= 0.6 is 11.8 Å². The van der Waals surface area contributed by atoms with E-state index in [1.165, 1.54) is 0 Å². The van der Waals surface area contributed by atoms with Crippen LogP contribution in [0.4, 0.5) is 18.0 Å². The van der Waals surface area contributed by atoms with Gasteiger partial charge in [0.1, 0.15) is 6.61 Å². The first-order valence-corrected chi connectivity index (χ1v) is 7.59. The number of halogens is 3. The van der Waals surface area contributed by atoms with Gasteiger partial charge in [-0.2, -0.15) is 24.9 Å². The second-order valence-corrected chi connectivity index (χ2v) is 6.48. The third-order valence-corrected chi connectivity index (χ3v) is 4.49. The maximum absolute atomic E-state index is 12.1. The van der Waals surface area contributed by atoms with Crippen molar-refractivity contribution in [2.75, 3.05) is 25.5 Å². The van der Waals surface area contributed by atoms with E-state index in [0.29, 0.717) is 11.8 Å². The number of hydrogen-bond donors (Lipinski definition) is 1. The smallest absolute Gasteiger partial charge is 0.370 e. The molecule has 1 saturated heterocycles. The number of rotatable bonds is 4. The van der Waals surface area contributed by atoms with Crippen LogP contribution in [-0.4, -0.2) is 60.0 Å². The molecule has 0 aromatic carbocycles. The Morgan fingerprint density at radius 3 is 2.75 bits per heavy atom. The lowest BCUT2D eigenvalue weighted by Crippen LogP contribution is -2.54. The first kappa shape index (κ1) is 17.4. The van der Waals surface area contributed by atoms with Crippen molar-refractivity contribution in [1.29, 1.82) is 0 Å². The first-order valence-electron chi connectivity index (χ1n) is 6.54. The topological polar surface area (TPSA) is 41.6 Å². The number of hydrogen-bond acceptors (Lipinski definition) is 3. The van der Waals surface area contributed by atoms with E-state index < -0.39 is 18.8 Å². The van der Waals surface area contributed by atoms with E-state index in [-0.39, 0.29) is 18.7 Å². The maximum Gasteiger partial charge on any atom is 0.411 e. The fourth-order valence-corrected chi connectivity index (χ4v) is 3.01. The lowest BCUT2D eigenvalue weighted by molar-refractivity contribution is -0.174. The SMILES string of the molecule is C[C@H](COCC(F)(F)F)NC(=O)N1CCS[C@H](C)[C@@H]1C. The lowest BCUT2D eigenvalue weighted by Gasteiger charge is -2.38. The molecular formula is C12H21F3N2O2S. The van der Waals surface area contributed by atoms with Crippen LogP contribution in [0.1, 0.15) is 20.8 Å². The van der Waals surface area contributed by atoms with Crippen molar-refractivity contribution >= 4 is 17.8 Å². The minimum Gasteiger partial charge on any atom is -0.370 e. The summed E-state index contributed by atoms with van der Waals surface area (Å²) in [6.07, 6.45) is -4.34. The molecule has 1 aliphatic heterocycles. The Kier molecular flexibility index (Phi) is 6.44. The van der Waals surface area contributed by atoms with Crippen molar-refractivity contribution < 1.29 is 22.7 Å². The largest absolute Gasteiger partial charge is 0.411 e. The molecule has 1 N–H and O–H groups in total. The normalized spacial score (nSPS) is 25.4. The number of thioether (sulfide) groups is 1. The molecule has 1 heterocycles. The highest BCUT2D eigenvalue weighted by Gasteiger charge is 2.30. The van der Waals surface area contributed by atoms with Gasteiger partial charge in [-0.15, -0.1) is 0 Å². The number of carbonyl (C=O) groups excluding carboxylic acids is 1. The Bertz CT molecular complexity index is 328. The summed E-state index contributed by atoms with van der Waals surface area (Å²) in [7, 11) is 0. The predicted octanol–water partition coefficient (Wildman–Crippen LogP) is 2.49. The van der Waals surface area contributed by atoms with E-state index in [0.717, 1.165) is 5.75 Å². The molecular weight excluding hydrogens is 293 g/mol. The van der Waals surface area contributed by atoms with Gasteiger partial charge >= 0.3 is 12.2 Å². The summed E-state index contributed by atoms with van der Waals surface area (Å²) < 4.78 is 40.3. The van der Waals surface area contributed by atoms with Crippen molar-refractivity contribution in [3.05, 3.63) is 0 Å². The Balaban J connectivity index is 2.34. The van der Waals surface area contributed by atoms with Gasteiger partial charge in [0.25, 0.3) is 0 Å². The predicted molar refractivity (Wildman–Crippen MR) is 73.0 cm³/mol. The third-order valence-electron chi connectivity index (χ3n) is 3.15. The van der Waals surface area contributed by atoms with Crippen molar-refractivity contribution in [2.24, 2.45) is 0 Å². The molecule has 0 aliphatic carbocycles. The van der Waals surface area contributed by atoms with Crippen LogP contribution in [0.2, 0.25) is 0 Å². The molecule has 0 saturated carbocycles. The Morgan fingerprint density at radius 2 is 2.15 bits per heavy atom. The van der Waals surface area contributed by atoms with Crippen molar-refractivity contribution in [1.82, 2.24) is 10.2 Å². The Labute approximate surface area is 121 Å². The molecule has 8 heteroatoms. The van der Waals surface area contributed by atoms with E-state index in [1.807, 2.05) is 18.7 Å². The average molecular weight is 314 g/mol. The molecule has 20 heavy (non-hydrogen) atoms. The van der Waals surface area contributed by atoms with Gasteiger partial charge in [-0.1, -0.05) is 6.92 Å². The summed E-state index contributed by atoms with van der Waals surface area (Å²) in [4.78, 5) is 13.8. The molecule has 0 unspecified atom stereocenters. The summed E-state index contributed by atoms with van der Waals surface area (Å²) in [6, 6.07) is -0.591. The number of amides is 2. The van der Waals surface area contributed by atoms with E-state index in [9.17, 15) is 18.0 Å². The van der Waals surface area contributed by atoms with Gasteiger partial charge < -0.3 is 15.0 Å². The van der Waals surface area contributed by atoms with Gasteiger partial charge in [0.2, 0.25) is 0 Å². The first-order chi connectivity index (χ1) is 9.20. The summed E-state index contributed by atoms with van der Waals surface area (Å²) in [5, 5.41) is 3.03. The summed E-state index contributed by atoms with van der Waals surface area (Å²) in [5.41, 5.74) is 0. The molecule has 1 aliphatic rings. The van der Waals surface area contributed by atoms with Gasteiger partial charge in [-0.3, -0.25) is 0 Å². The maximum atomic E-state index is 12.1. The minimum absolute atomic E-state index is 0.108. The number of carbonyl (C=O) groups is 1. The monoisotopic (exact) mass is 314 g/mol. The third kappa shape index (κ3) is 5.78. The van der Waals surface area contributed by atoms with Gasteiger partial charge in [0.15, 0.2) is 0 Å². The van der Waals surface area contributed by atoms with Crippen LogP contribution in [-0.2, 0) is 4.74 Å². The van der Waals surface area contributed by atoms with Crippen LogP contribution in [0.5, 0.6) is 0 Å². The lowest BCUT2D eigenvalue weighted by atomic mass is 10.2. The number of ether oxygens (including phenoxy) is 1. The number of urea groups is 1. The Hall–Kier alpha value is -0.630. The second-order valence-electron chi connectivity index (χ2n) is 4.99. The zero-order valence-corrected chi connectivity index (χ0v) is 12.7. The van der Waals surface area contributed by atoms with E-state index in [1.54, 1.807) is 11.8 Å². The van der Waals surface area contributed by atoms with E-state index >= 15 is 0 Å². The summed E-state index contributed by atoms with van der Waals surface area (Å²) in [5.74, 6) is 0.873. The van der Waals surface area contributed by atoms with Crippen LogP contribution in [0, 0.1) is 0 Å². The molecule has 0 aromatic heterocycles.